The second kappa shape index (κ2) is 8.44. The van der Waals surface area contributed by atoms with E-state index in [2.05, 4.69) is 10.6 Å². The molecule has 1 heterocycles. The van der Waals surface area contributed by atoms with Crippen molar-refractivity contribution in [2.45, 2.75) is 77.0 Å². The van der Waals surface area contributed by atoms with Gasteiger partial charge in [-0.2, -0.15) is 11.8 Å². The molecule has 2 atom stereocenters. The number of thioether (sulfide) groups is 1. The first-order valence-corrected chi connectivity index (χ1v) is 9.90. The van der Waals surface area contributed by atoms with Gasteiger partial charge >= 0.3 is 6.09 Å². The fourth-order valence-corrected chi connectivity index (χ4v) is 4.54. The second-order valence-corrected chi connectivity index (χ2v) is 8.76. The Balaban J connectivity index is 1.84. The van der Waals surface area contributed by atoms with E-state index in [9.17, 15) is 4.79 Å². The Hall–Kier alpha value is -0.420. The van der Waals surface area contributed by atoms with Crippen molar-refractivity contribution in [3.63, 3.8) is 0 Å². The lowest BCUT2D eigenvalue weighted by Gasteiger charge is -2.33. The van der Waals surface area contributed by atoms with Crippen LogP contribution in [-0.2, 0) is 4.74 Å². The molecule has 128 valence electrons. The van der Waals surface area contributed by atoms with E-state index in [1.165, 1.54) is 50.0 Å². The zero-order valence-electron chi connectivity index (χ0n) is 14.3. The zero-order valence-corrected chi connectivity index (χ0v) is 15.1. The number of hydrogen-bond acceptors (Lipinski definition) is 4. The van der Waals surface area contributed by atoms with Crippen LogP contribution in [0.1, 0.15) is 59.3 Å². The lowest BCUT2D eigenvalue weighted by atomic mass is 9.83. The summed E-state index contributed by atoms with van der Waals surface area (Å²) in [5, 5.41) is 6.79. The van der Waals surface area contributed by atoms with Gasteiger partial charge in [-0.05, 0) is 51.7 Å². The number of carbonyl (C=O) groups is 1. The van der Waals surface area contributed by atoms with Crippen LogP contribution in [0, 0.1) is 5.92 Å². The SMILES string of the molecule is CC(C)(C)OC(=O)NCC(NC1CCSC1)C1CCCCC1. The predicted octanol–water partition coefficient (Wildman–Crippen LogP) is 3.56. The molecule has 0 bridgehead atoms. The summed E-state index contributed by atoms with van der Waals surface area (Å²) >= 11 is 2.03. The maximum absolute atomic E-state index is 11.9. The third-order valence-corrected chi connectivity index (χ3v) is 5.63. The molecule has 1 amide bonds. The van der Waals surface area contributed by atoms with Gasteiger partial charge < -0.3 is 15.4 Å². The average molecular weight is 329 g/mol. The van der Waals surface area contributed by atoms with E-state index >= 15 is 0 Å². The van der Waals surface area contributed by atoms with Crippen LogP contribution >= 0.6 is 11.8 Å². The Morgan fingerprint density at radius 3 is 2.55 bits per heavy atom. The maximum atomic E-state index is 11.9. The van der Waals surface area contributed by atoms with E-state index in [0.717, 1.165) is 0 Å². The second-order valence-electron chi connectivity index (χ2n) is 7.61. The molecule has 1 saturated carbocycles. The Morgan fingerprint density at radius 1 is 1.23 bits per heavy atom. The highest BCUT2D eigenvalue weighted by Gasteiger charge is 2.28. The molecule has 0 aromatic carbocycles. The summed E-state index contributed by atoms with van der Waals surface area (Å²) in [5.41, 5.74) is -0.431. The van der Waals surface area contributed by atoms with Crippen LogP contribution < -0.4 is 10.6 Å². The Labute approximate surface area is 139 Å². The van der Waals surface area contributed by atoms with E-state index < -0.39 is 5.60 Å². The van der Waals surface area contributed by atoms with Crippen molar-refractivity contribution >= 4 is 17.9 Å². The van der Waals surface area contributed by atoms with Gasteiger partial charge in [0.15, 0.2) is 0 Å². The van der Waals surface area contributed by atoms with Crippen molar-refractivity contribution in [2.75, 3.05) is 18.1 Å². The molecule has 0 radical (unpaired) electrons. The highest BCUT2D eigenvalue weighted by molar-refractivity contribution is 7.99. The predicted molar refractivity (Wildman–Crippen MR) is 93.5 cm³/mol. The molecule has 2 fully saturated rings. The molecule has 4 nitrogen and oxygen atoms in total. The molecular weight excluding hydrogens is 296 g/mol. The fraction of sp³-hybridized carbons (Fsp3) is 0.941. The molecule has 0 spiro atoms. The number of nitrogens with one attached hydrogen (secondary N) is 2. The molecule has 2 unspecified atom stereocenters. The van der Waals surface area contributed by atoms with Crippen molar-refractivity contribution in [2.24, 2.45) is 5.92 Å². The van der Waals surface area contributed by atoms with Gasteiger partial charge in [-0.3, -0.25) is 0 Å². The minimum Gasteiger partial charge on any atom is -0.444 e. The van der Waals surface area contributed by atoms with Gasteiger partial charge in [-0.1, -0.05) is 19.3 Å². The van der Waals surface area contributed by atoms with Crippen LogP contribution in [0.15, 0.2) is 0 Å². The van der Waals surface area contributed by atoms with E-state index in [4.69, 9.17) is 4.74 Å². The van der Waals surface area contributed by atoms with Crippen LogP contribution in [0.4, 0.5) is 4.79 Å². The lowest BCUT2D eigenvalue weighted by molar-refractivity contribution is 0.0514. The summed E-state index contributed by atoms with van der Waals surface area (Å²) < 4.78 is 5.36. The van der Waals surface area contributed by atoms with Crippen molar-refractivity contribution < 1.29 is 9.53 Å². The molecule has 2 rings (SSSR count). The van der Waals surface area contributed by atoms with Gasteiger partial charge in [0.1, 0.15) is 5.60 Å². The quantitative estimate of drug-likeness (QED) is 0.810. The minimum absolute atomic E-state index is 0.295. The first-order chi connectivity index (χ1) is 10.4. The molecule has 5 heteroatoms. The van der Waals surface area contributed by atoms with E-state index in [1.807, 2.05) is 32.5 Å². The molecule has 1 aliphatic heterocycles. The first kappa shape index (κ1) is 17.9. The van der Waals surface area contributed by atoms with Crippen molar-refractivity contribution in [1.82, 2.24) is 10.6 Å². The molecule has 1 aliphatic carbocycles. The summed E-state index contributed by atoms with van der Waals surface area (Å²) in [4.78, 5) is 11.9. The van der Waals surface area contributed by atoms with Crippen molar-refractivity contribution in [3.8, 4) is 0 Å². The third kappa shape index (κ3) is 6.37. The van der Waals surface area contributed by atoms with Gasteiger partial charge in [0, 0.05) is 24.4 Å². The van der Waals surface area contributed by atoms with Gasteiger partial charge in [0.25, 0.3) is 0 Å². The van der Waals surface area contributed by atoms with Crippen LogP contribution in [-0.4, -0.2) is 41.8 Å². The average Bonchev–Trinajstić information content (AvgIpc) is 2.95. The fourth-order valence-electron chi connectivity index (χ4n) is 3.37. The topological polar surface area (TPSA) is 50.4 Å². The standard InChI is InChI=1S/C17H32N2O2S/c1-17(2,3)21-16(20)18-11-15(13-7-5-4-6-8-13)19-14-9-10-22-12-14/h13-15,19H,4-12H2,1-3H3,(H,18,20). The van der Waals surface area contributed by atoms with Gasteiger partial charge in [0.05, 0.1) is 0 Å². The van der Waals surface area contributed by atoms with Gasteiger partial charge in [-0.25, -0.2) is 4.79 Å². The van der Waals surface area contributed by atoms with Crippen LogP contribution in [0.2, 0.25) is 0 Å². The molecular formula is C17H32N2O2S. The highest BCUT2D eigenvalue weighted by atomic mass is 32.2. The number of alkyl carbamates (subject to hydrolysis) is 1. The Bertz CT molecular complexity index is 345. The summed E-state index contributed by atoms with van der Waals surface area (Å²) in [5.74, 6) is 3.15. The van der Waals surface area contributed by atoms with E-state index in [1.54, 1.807) is 0 Å². The third-order valence-electron chi connectivity index (χ3n) is 4.46. The Morgan fingerprint density at radius 2 is 1.95 bits per heavy atom. The largest absolute Gasteiger partial charge is 0.444 e. The maximum Gasteiger partial charge on any atom is 0.407 e. The summed E-state index contributed by atoms with van der Waals surface area (Å²) in [7, 11) is 0. The molecule has 2 aliphatic rings. The van der Waals surface area contributed by atoms with Crippen LogP contribution in [0.25, 0.3) is 0 Å². The normalized spacial score (nSPS) is 25.0. The number of carbonyl (C=O) groups excluding carboxylic acids is 1. The molecule has 2 N–H and O–H groups in total. The Kier molecular flexibility index (Phi) is 6.87. The number of ether oxygens (including phenoxy) is 1. The van der Waals surface area contributed by atoms with E-state index in [0.29, 0.717) is 24.5 Å². The minimum atomic E-state index is -0.431. The van der Waals surface area contributed by atoms with E-state index in [-0.39, 0.29) is 6.09 Å². The van der Waals surface area contributed by atoms with Crippen molar-refractivity contribution in [3.05, 3.63) is 0 Å². The number of rotatable bonds is 5. The number of amides is 1. The summed E-state index contributed by atoms with van der Waals surface area (Å²) in [6, 6.07) is 0.994. The summed E-state index contributed by atoms with van der Waals surface area (Å²) in [6.07, 6.45) is 7.54. The highest BCUT2D eigenvalue weighted by Crippen LogP contribution is 2.28. The number of hydrogen-bond donors (Lipinski definition) is 2. The van der Waals surface area contributed by atoms with Crippen LogP contribution in [0.5, 0.6) is 0 Å². The zero-order chi connectivity index (χ0) is 16.0. The molecule has 22 heavy (non-hydrogen) atoms. The molecule has 1 saturated heterocycles. The first-order valence-electron chi connectivity index (χ1n) is 8.75. The van der Waals surface area contributed by atoms with Gasteiger partial charge in [-0.15, -0.1) is 0 Å². The summed E-state index contributed by atoms with van der Waals surface area (Å²) in [6.45, 7) is 6.39. The smallest absolute Gasteiger partial charge is 0.407 e. The monoisotopic (exact) mass is 328 g/mol. The van der Waals surface area contributed by atoms with Gasteiger partial charge in [0.2, 0.25) is 0 Å². The lowest BCUT2D eigenvalue weighted by Crippen LogP contribution is -2.50. The van der Waals surface area contributed by atoms with Crippen molar-refractivity contribution in [1.29, 1.82) is 0 Å². The van der Waals surface area contributed by atoms with Crippen LogP contribution in [0.3, 0.4) is 0 Å². The molecule has 0 aromatic rings. The molecule has 0 aromatic heterocycles.